The number of ether oxygens (including phenoxy) is 4. The van der Waals surface area contributed by atoms with Crippen LogP contribution in [0.4, 0.5) is 0 Å². The highest BCUT2D eigenvalue weighted by molar-refractivity contribution is 6.30. The number of halogens is 1. The van der Waals surface area contributed by atoms with Crippen LogP contribution in [0.15, 0.2) is 103 Å². The highest BCUT2D eigenvalue weighted by atomic mass is 35.5. The Morgan fingerprint density at radius 2 is 1.41 bits per heavy atom. The minimum Gasteiger partial charge on any atom is -0.459 e. The van der Waals surface area contributed by atoms with E-state index in [-0.39, 0.29) is 25.0 Å². The van der Waals surface area contributed by atoms with Gasteiger partial charge in [0.1, 0.15) is 6.26 Å². The van der Waals surface area contributed by atoms with Crippen LogP contribution in [0.1, 0.15) is 52.0 Å². The van der Waals surface area contributed by atoms with E-state index in [1.165, 1.54) is 6.26 Å². The van der Waals surface area contributed by atoms with Crippen LogP contribution in [-0.2, 0) is 47.8 Å². The quantitative estimate of drug-likeness (QED) is 0.104. The maximum absolute atomic E-state index is 13.5. The summed E-state index contributed by atoms with van der Waals surface area (Å²) in [6.07, 6.45) is 2.10. The molecular weight excluding hydrogens is 642 g/mol. The van der Waals surface area contributed by atoms with Gasteiger partial charge in [-0.3, -0.25) is 0 Å². The molecule has 1 aliphatic rings. The number of carbonyl (C=O) groups is 2. The summed E-state index contributed by atoms with van der Waals surface area (Å²) in [7, 11) is 0. The van der Waals surface area contributed by atoms with Gasteiger partial charge in [0.2, 0.25) is 0 Å². The minimum atomic E-state index is -2.43. The van der Waals surface area contributed by atoms with Gasteiger partial charge in [-0.2, -0.15) is 0 Å². The lowest BCUT2D eigenvalue weighted by Crippen LogP contribution is -2.50. The molecule has 49 heavy (non-hydrogen) atoms. The summed E-state index contributed by atoms with van der Waals surface area (Å²) in [6, 6.07) is 30.5. The fourth-order valence-electron chi connectivity index (χ4n) is 5.60. The monoisotopic (exact) mass is 683 g/mol. The summed E-state index contributed by atoms with van der Waals surface area (Å²) in [5.74, 6) is -4.21. The van der Waals surface area contributed by atoms with Crippen LogP contribution in [-0.4, -0.2) is 48.6 Å². The number of esters is 2. The van der Waals surface area contributed by atoms with Crippen LogP contribution in [0.2, 0.25) is 5.02 Å². The second-order valence-corrected chi connectivity index (χ2v) is 12.8. The first-order chi connectivity index (χ1) is 23.6. The number of aliphatic hydroxyl groups excluding tert-OH is 1. The number of rotatable bonds is 15. The number of carbonyl (C=O) groups excluding carboxylic acids is 2. The smallest absolute Gasteiger partial charge is 0.453 e. The lowest BCUT2D eigenvalue weighted by Gasteiger charge is -2.24. The predicted octanol–water partition coefficient (Wildman–Crippen LogP) is 6.82. The molecule has 2 N–H and O–H groups in total. The molecule has 4 aromatic rings. The lowest BCUT2D eigenvalue weighted by atomic mass is 10.0. The third-order valence-electron chi connectivity index (χ3n) is 8.18. The first kappa shape index (κ1) is 35.7. The average Bonchev–Trinajstić information content (AvgIpc) is 3.55. The molecule has 0 aromatic heterocycles. The minimum absolute atomic E-state index is 0.0182. The molecule has 0 saturated heterocycles. The molecule has 4 aromatic carbocycles. The van der Waals surface area contributed by atoms with Gasteiger partial charge in [0, 0.05) is 36.0 Å². The average molecular weight is 684 g/mol. The topological polar surface area (TPSA) is 103 Å². The van der Waals surface area contributed by atoms with Crippen molar-refractivity contribution < 1.29 is 33.6 Å². The molecule has 5 rings (SSSR count). The van der Waals surface area contributed by atoms with E-state index in [4.69, 9.17) is 30.5 Å². The van der Waals surface area contributed by atoms with E-state index in [0.717, 1.165) is 33.4 Å². The van der Waals surface area contributed by atoms with Crippen LogP contribution in [0, 0.1) is 13.8 Å². The SMILES string of the molecule is Cc1cccc(CCOC(=O)C2(C(=O)OCCc3cccc(C)c3)OC=C(c3cccc(C[C@@H](C)NC[C@@H](O)c4cccc(Cl)c4)c3)O2)c1. The van der Waals surface area contributed by atoms with Crippen molar-refractivity contribution in [3.63, 3.8) is 0 Å². The van der Waals surface area contributed by atoms with Crippen molar-refractivity contribution in [2.45, 2.75) is 58.0 Å². The zero-order valence-electron chi connectivity index (χ0n) is 28.0. The summed E-state index contributed by atoms with van der Waals surface area (Å²) < 4.78 is 22.9. The van der Waals surface area contributed by atoms with Gasteiger partial charge in [-0.1, -0.05) is 102 Å². The van der Waals surface area contributed by atoms with Crippen LogP contribution >= 0.6 is 11.6 Å². The molecule has 8 nitrogen and oxygen atoms in total. The van der Waals surface area contributed by atoms with E-state index in [1.54, 1.807) is 12.1 Å². The van der Waals surface area contributed by atoms with Gasteiger partial charge in [0.25, 0.3) is 0 Å². The Morgan fingerprint density at radius 1 is 0.816 bits per heavy atom. The first-order valence-electron chi connectivity index (χ1n) is 16.4. The maximum atomic E-state index is 13.5. The summed E-state index contributed by atoms with van der Waals surface area (Å²) in [6.45, 7) is 6.40. The lowest BCUT2D eigenvalue weighted by molar-refractivity contribution is -0.215. The Morgan fingerprint density at radius 3 is 2.02 bits per heavy atom. The van der Waals surface area contributed by atoms with Crippen LogP contribution in [0.25, 0.3) is 5.76 Å². The zero-order chi connectivity index (χ0) is 34.8. The Kier molecular flexibility index (Phi) is 12.1. The highest BCUT2D eigenvalue weighted by Gasteiger charge is 2.58. The van der Waals surface area contributed by atoms with E-state index in [9.17, 15) is 14.7 Å². The molecule has 0 saturated carbocycles. The first-order valence-corrected chi connectivity index (χ1v) is 16.8. The largest absolute Gasteiger partial charge is 0.459 e. The summed E-state index contributed by atoms with van der Waals surface area (Å²) >= 11 is 6.07. The molecule has 0 radical (unpaired) electrons. The fourth-order valence-corrected chi connectivity index (χ4v) is 5.80. The van der Waals surface area contributed by atoms with E-state index in [2.05, 4.69) is 5.32 Å². The third kappa shape index (κ3) is 9.72. The van der Waals surface area contributed by atoms with Gasteiger partial charge in [-0.15, -0.1) is 0 Å². The Hall–Kier alpha value is -4.63. The molecule has 0 bridgehead atoms. The molecule has 0 fully saturated rings. The molecule has 2 atom stereocenters. The molecule has 9 heteroatoms. The fraction of sp³-hybridized carbons (Fsp3) is 0.300. The van der Waals surface area contributed by atoms with E-state index >= 15 is 0 Å². The summed E-state index contributed by atoms with van der Waals surface area (Å²) in [5.41, 5.74) is 6.50. The molecule has 1 heterocycles. The van der Waals surface area contributed by atoms with Gasteiger partial charge in [-0.25, -0.2) is 9.59 Å². The number of aryl methyl sites for hydroxylation is 2. The molecule has 256 valence electrons. The zero-order valence-corrected chi connectivity index (χ0v) is 28.7. The van der Waals surface area contributed by atoms with Crippen molar-refractivity contribution in [3.05, 3.63) is 147 Å². The predicted molar refractivity (Wildman–Crippen MR) is 189 cm³/mol. The number of hydrogen-bond acceptors (Lipinski definition) is 8. The standard InChI is InChI=1S/C40H42ClNO7/c1-27-8-4-10-30(20-27)16-18-46-38(44)40(39(45)47-19-17-31-11-5-9-28(2)21-31)48-26-37(49-40)34-14-6-12-32(23-34)22-29(3)42-25-36(43)33-13-7-15-35(41)24-33/h4-15,20-21,23-24,26,29,36,42-43H,16-19,22,25H2,1-3H3/t29-,36-/m1/s1. The van der Waals surface area contributed by atoms with Crippen LogP contribution < -0.4 is 5.32 Å². The van der Waals surface area contributed by atoms with Gasteiger partial charge >= 0.3 is 17.7 Å². The van der Waals surface area contributed by atoms with Crippen molar-refractivity contribution in [2.75, 3.05) is 19.8 Å². The third-order valence-corrected chi connectivity index (χ3v) is 8.42. The second-order valence-electron chi connectivity index (χ2n) is 12.4. The van der Waals surface area contributed by atoms with Crippen molar-refractivity contribution in [1.82, 2.24) is 5.32 Å². The van der Waals surface area contributed by atoms with E-state index in [1.807, 2.05) is 106 Å². The summed E-state index contributed by atoms with van der Waals surface area (Å²) in [4.78, 5) is 27.1. The van der Waals surface area contributed by atoms with Crippen molar-refractivity contribution in [3.8, 4) is 0 Å². The summed E-state index contributed by atoms with van der Waals surface area (Å²) in [5, 5.41) is 14.5. The Bertz CT molecular complexity index is 1720. The Labute approximate surface area is 292 Å². The molecule has 0 amide bonds. The van der Waals surface area contributed by atoms with Crippen molar-refractivity contribution in [1.29, 1.82) is 0 Å². The molecule has 1 aliphatic heterocycles. The molecule has 0 spiro atoms. The van der Waals surface area contributed by atoms with Gasteiger partial charge in [-0.05, 0) is 67.6 Å². The van der Waals surface area contributed by atoms with Gasteiger partial charge < -0.3 is 29.4 Å². The van der Waals surface area contributed by atoms with Gasteiger partial charge in [0.15, 0.2) is 5.76 Å². The van der Waals surface area contributed by atoms with Crippen LogP contribution in [0.3, 0.4) is 0 Å². The number of nitrogens with one attached hydrogen (secondary N) is 1. The van der Waals surface area contributed by atoms with E-state index in [0.29, 0.717) is 36.4 Å². The molecular formula is C40H42ClNO7. The highest BCUT2D eigenvalue weighted by Crippen LogP contribution is 2.35. The molecule has 0 unspecified atom stereocenters. The van der Waals surface area contributed by atoms with E-state index < -0.39 is 23.8 Å². The van der Waals surface area contributed by atoms with Crippen molar-refractivity contribution >= 4 is 29.3 Å². The second kappa shape index (κ2) is 16.7. The number of aliphatic hydroxyl groups is 1. The molecule has 0 aliphatic carbocycles. The Balaban J connectivity index is 1.23. The van der Waals surface area contributed by atoms with Crippen LogP contribution in [0.5, 0.6) is 0 Å². The van der Waals surface area contributed by atoms with Crippen molar-refractivity contribution in [2.24, 2.45) is 0 Å². The van der Waals surface area contributed by atoms with Gasteiger partial charge in [0.05, 0.1) is 19.3 Å². The maximum Gasteiger partial charge on any atom is 0.453 e. The normalized spacial score (nSPS) is 14.6. The number of benzene rings is 4. The number of hydrogen-bond donors (Lipinski definition) is 2.